The molecule has 8 heteroatoms. The zero-order valence-corrected chi connectivity index (χ0v) is 14.8. The maximum Gasteiger partial charge on any atom is 0.224 e. The van der Waals surface area contributed by atoms with E-state index in [4.69, 9.17) is 23.2 Å². The van der Waals surface area contributed by atoms with Crippen molar-refractivity contribution in [1.82, 2.24) is 15.0 Å². The molecule has 2 aromatic heterocycles. The van der Waals surface area contributed by atoms with Gasteiger partial charge >= 0.3 is 0 Å². The molecule has 2 heterocycles. The van der Waals surface area contributed by atoms with Crippen LogP contribution in [0.5, 0.6) is 0 Å². The molecule has 0 unspecified atom stereocenters. The lowest BCUT2D eigenvalue weighted by atomic mass is 10.2. The molecule has 0 amide bonds. The van der Waals surface area contributed by atoms with E-state index < -0.39 is 5.82 Å². The first kappa shape index (κ1) is 16.2. The number of benzene rings is 2. The van der Waals surface area contributed by atoms with E-state index >= 15 is 0 Å². The molecule has 4 nitrogen and oxygen atoms in total. The summed E-state index contributed by atoms with van der Waals surface area (Å²) >= 11 is 13.6. The largest absolute Gasteiger partial charge is 0.338 e. The Morgan fingerprint density at radius 3 is 2.72 bits per heavy atom. The zero-order chi connectivity index (χ0) is 17.4. The van der Waals surface area contributed by atoms with Crippen LogP contribution in [0.4, 0.5) is 15.9 Å². The molecule has 0 atom stereocenters. The summed E-state index contributed by atoms with van der Waals surface area (Å²) in [5.41, 5.74) is 2.28. The highest BCUT2D eigenvalue weighted by atomic mass is 35.5. The Morgan fingerprint density at radius 2 is 1.88 bits per heavy atom. The van der Waals surface area contributed by atoms with Crippen LogP contribution in [-0.4, -0.2) is 15.0 Å². The van der Waals surface area contributed by atoms with Crippen molar-refractivity contribution < 1.29 is 4.39 Å². The lowest BCUT2D eigenvalue weighted by molar-refractivity contribution is 0.619. The third-order valence-electron chi connectivity index (χ3n) is 3.47. The van der Waals surface area contributed by atoms with Crippen LogP contribution in [0.3, 0.4) is 0 Å². The van der Waals surface area contributed by atoms with Crippen LogP contribution in [0.1, 0.15) is 0 Å². The minimum atomic E-state index is -0.596. The summed E-state index contributed by atoms with van der Waals surface area (Å²) in [5, 5.41) is 4.20. The van der Waals surface area contributed by atoms with Gasteiger partial charge in [-0.3, -0.25) is 0 Å². The Kier molecular flexibility index (Phi) is 4.25. The molecule has 0 aliphatic carbocycles. The molecule has 25 heavy (non-hydrogen) atoms. The first-order valence-electron chi connectivity index (χ1n) is 7.21. The number of thiazole rings is 1. The highest BCUT2D eigenvalue weighted by molar-refractivity contribution is 7.21. The van der Waals surface area contributed by atoms with Crippen LogP contribution >= 0.6 is 34.5 Å². The third kappa shape index (κ3) is 3.28. The molecule has 4 rings (SSSR count). The number of nitrogens with one attached hydrogen (secondary N) is 1. The van der Waals surface area contributed by atoms with Gasteiger partial charge in [-0.2, -0.15) is 4.98 Å². The van der Waals surface area contributed by atoms with Crippen molar-refractivity contribution in [2.45, 2.75) is 0 Å². The van der Waals surface area contributed by atoms with Crippen LogP contribution in [-0.2, 0) is 0 Å². The SMILES string of the molecule is Fc1cnc(Cl)nc1Nc1ccc(Cl)c(-c2nc3ccccc3s2)c1. The second kappa shape index (κ2) is 6.55. The normalized spacial score (nSPS) is 11.0. The van der Waals surface area contributed by atoms with Crippen LogP contribution < -0.4 is 5.32 Å². The second-order valence-corrected chi connectivity index (χ2v) is 6.92. The van der Waals surface area contributed by atoms with Gasteiger partial charge in [-0.1, -0.05) is 23.7 Å². The summed E-state index contributed by atoms with van der Waals surface area (Å²) in [6, 6.07) is 13.1. The number of hydrogen-bond acceptors (Lipinski definition) is 5. The maximum absolute atomic E-state index is 13.8. The predicted octanol–water partition coefficient (Wildman–Crippen LogP) is 5.94. The number of aromatic nitrogens is 3. The number of halogens is 3. The highest BCUT2D eigenvalue weighted by Crippen LogP contribution is 2.36. The van der Waals surface area contributed by atoms with Crippen molar-refractivity contribution in [3.8, 4) is 10.6 Å². The molecule has 0 bridgehead atoms. The molecular weight excluding hydrogens is 382 g/mol. The highest BCUT2D eigenvalue weighted by Gasteiger charge is 2.12. The average molecular weight is 391 g/mol. The number of nitrogens with zero attached hydrogens (tertiary/aromatic N) is 3. The van der Waals surface area contributed by atoms with Gasteiger partial charge in [0.25, 0.3) is 0 Å². The van der Waals surface area contributed by atoms with Crippen LogP contribution in [0.25, 0.3) is 20.8 Å². The first-order chi connectivity index (χ1) is 12.1. The molecule has 0 spiro atoms. The van der Waals surface area contributed by atoms with Crippen molar-refractivity contribution in [3.63, 3.8) is 0 Å². The van der Waals surface area contributed by atoms with Gasteiger partial charge in [-0.05, 0) is 41.9 Å². The molecule has 0 saturated heterocycles. The molecule has 0 fully saturated rings. The molecule has 124 valence electrons. The fourth-order valence-corrected chi connectivity index (χ4v) is 3.72. The van der Waals surface area contributed by atoms with Gasteiger partial charge in [0.05, 0.1) is 21.4 Å². The molecule has 1 N–H and O–H groups in total. The number of anilines is 2. The van der Waals surface area contributed by atoms with Gasteiger partial charge in [0.2, 0.25) is 5.28 Å². The third-order valence-corrected chi connectivity index (χ3v) is 5.05. The van der Waals surface area contributed by atoms with E-state index in [1.807, 2.05) is 24.3 Å². The van der Waals surface area contributed by atoms with Crippen molar-refractivity contribution in [3.05, 3.63) is 64.8 Å². The Morgan fingerprint density at radius 1 is 1.04 bits per heavy atom. The lowest BCUT2D eigenvalue weighted by Crippen LogP contribution is -1.99. The number of para-hydroxylation sites is 1. The standard InChI is InChI=1S/C17H9Cl2FN4S/c18-11-6-5-9(22-15-12(20)8-21-17(19)24-15)7-10(11)16-23-13-3-1-2-4-14(13)25-16/h1-8H,(H,21,22,24). The van der Waals surface area contributed by atoms with Crippen LogP contribution in [0.15, 0.2) is 48.7 Å². The molecule has 0 aliphatic rings. The molecule has 0 radical (unpaired) electrons. The fraction of sp³-hybridized carbons (Fsp3) is 0. The quantitative estimate of drug-likeness (QED) is 0.439. The second-order valence-electron chi connectivity index (χ2n) is 5.14. The first-order valence-corrected chi connectivity index (χ1v) is 8.78. The summed E-state index contributed by atoms with van der Waals surface area (Å²) < 4.78 is 14.9. The predicted molar refractivity (Wildman–Crippen MR) is 100 cm³/mol. The van der Waals surface area contributed by atoms with Gasteiger partial charge in [-0.25, -0.2) is 14.4 Å². The minimum Gasteiger partial charge on any atom is -0.338 e. The Labute approximate surface area is 156 Å². The topological polar surface area (TPSA) is 50.7 Å². The number of fused-ring (bicyclic) bond motifs is 1. The fourth-order valence-electron chi connectivity index (χ4n) is 2.32. The van der Waals surface area contributed by atoms with Gasteiger partial charge in [-0.15, -0.1) is 11.3 Å². The van der Waals surface area contributed by atoms with Gasteiger partial charge < -0.3 is 5.32 Å². The van der Waals surface area contributed by atoms with Crippen molar-refractivity contribution in [2.75, 3.05) is 5.32 Å². The van der Waals surface area contributed by atoms with E-state index in [0.717, 1.165) is 27.0 Å². The Hall–Kier alpha value is -2.28. The van der Waals surface area contributed by atoms with Crippen LogP contribution in [0, 0.1) is 5.82 Å². The zero-order valence-electron chi connectivity index (χ0n) is 12.5. The van der Waals surface area contributed by atoms with Crippen molar-refractivity contribution in [1.29, 1.82) is 0 Å². The van der Waals surface area contributed by atoms with E-state index in [2.05, 4.69) is 20.3 Å². The van der Waals surface area contributed by atoms with Crippen molar-refractivity contribution >= 4 is 56.3 Å². The van der Waals surface area contributed by atoms with E-state index in [9.17, 15) is 4.39 Å². The summed E-state index contributed by atoms with van der Waals surface area (Å²) in [6.07, 6.45) is 1.02. The van der Waals surface area contributed by atoms with E-state index in [1.165, 1.54) is 0 Å². The minimum absolute atomic E-state index is 0.00225. The molecule has 2 aromatic carbocycles. The van der Waals surface area contributed by atoms with E-state index in [0.29, 0.717) is 10.7 Å². The summed E-state index contributed by atoms with van der Waals surface area (Å²) in [6.45, 7) is 0. The van der Waals surface area contributed by atoms with Gasteiger partial charge in [0.1, 0.15) is 5.01 Å². The maximum atomic E-state index is 13.8. The van der Waals surface area contributed by atoms with Crippen molar-refractivity contribution in [2.24, 2.45) is 0 Å². The van der Waals surface area contributed by atoms with Crippen LogP contribution in [0.2, 0.25) is 10.3 Å². The summed E-state index contributed by atoms with van der Waals surface area (Å²) in [5.74, 6) is -0.599. The molecule has 0 aliphatic heterocycles. The average Bonchev–Trinajstić information content (AvgIpc) is 3.03. The Balaban J connectivity index is 1.74. The summed E-state index contributed by atoms with van der Waals surface area (Å²) in [7, 11) is 0. The van der Waals surface area contributed by atoms with E-state index in [-0.39, 0.29) is 11.1 Å². The Bertz CT molecular complexity index is 1050. The monoisotopic (exact) mass is 390 g/mol. The van der Waals surface area contributed by atoms with E-state index in [1.54, 1.807) is 29.5 Å². The number of hydrogen-bond donors (Lipinski definition) is 1. The van der Waals surface area contributed by atoms with Gasteiger partial charge in [0.15, 0.2) is 11.6 Å². The molecular formula is C17H9Cl2FN4S. The number of rotatable bonds is 3. The van der Waals surface area contributed by atoms with Gasteiger partial charge in [0, 0.05) is 11.3 Å². The summed E-state index contributed by atoms with van der Waals surface area (Å²) in [4.78, 5) is 12.1. The molecule has 0 saturated carbocycles. The smallest absolute Gasteiger partial charge is 0.224 e. The molecule has 4 aromatic rings. The lowest BCUT2D eigenvalue weighted by Gasteiger charge is -2.09.